The van der Waals surface area contributed by atoms with Gasteiger partial charge in [0, 0.05) is 14.1 Å². The number of aliphatic hydroxyl groups is 1. The minimum Gasteiger partial charge on any atom is -0.489 e. The van der Waals surface area contributed by atoms with E-state index >= 15 is 0 Å². The van der Waals surface area contributed by atoms with Crippen LogP contribution < -0.4 is 4.74 Å². The van der Waals surface area contributed by atoms with Crippen molar-refractivity contribution < 1.29 is 9.84 Å². The van der Waals surface area contributed by atoms with Crippen LogP contribution in [-0.2, 0) is 0 Å². The Bertz CT molecular complexity index is 380. The first-order chi connectivity index (χ1) is 7.57. The molecule has 1 rings (SSSR count). The Morgan fingerprint density at radius 1 is 1.50 bits per heavy atom. The van der Waals surface area contributed by atoms with Gasteiger partial charge in [0.05, 0.1) is 16.6 Å². The fourth-order valence-corrected chi connectivity index (χ4v) is 1.71. The van der Waals surface area contributed by atoms with E-state index < -0.39 is 0 Å². The Balaban J connectivity index is 3.07. The van der Waals surface area contributed by atoms with E-state index in [0.717, 1.165) is 4.47 Å². The molecule has 0 aliphatic heterocycles. The lowest BCUT2D eigenvalue weighted by Crippen LogP contribution is -2.22. The number of rotatable bonds is 4. The van der Waals surface area contributed by atoms with Gasteiger partial charge in [0.2, 0.25) is 0 Å². The highest BCUT2D eigenvalue weighted by atomic mass is 79.9. The molecular formula is C11H15BrN2O2. The molecule has 0 amide bonds. The molecular weight excluding hydrogens is 272 g/mol. The van der Waals surface area contributed by atoms with Crippen molar-refractivity contribution in [1.29, 1.82) is 5.41 Å². The van der Waals surface area contributed by atoms with Crippen LogP contribution in [0.4, 0.5) is 0 Å². The Kier molecular flexibility index (Phi) is 4.76. The highest BCUT2D eigenvalue weighted by Gasteiger charge is 2.13. The number of hydrogen-bond donors (Lipinski definition) is 2. The summed E-state index contributed by atoms with van der Waals surface area (Å²) < 4.78 is 6.21. The summed E-state index contributed by atoms with van der Waals surface area (Å²) in [5.74, 6) is 0.962. The normalized spacial score (nSPS) is 10.0. The zero-order valence-corrected chi connectivity index (χ0v) is 10.9. The average Bonchev–Trinajstić information content (AvgIpc) is 2.26. The van der Waals surface area contributed by atoms with Gasteiger partial charge in [-0.25, -0.2) is 0 Å². The third-order valence-corrected chi connectivity index (χ3v) is 2.63. The number of benzene rings is 1. The second-order valence-electron chi connectivity index (χ2n) is 3.43. The van der Waals surface area contributed by atoms with E-state index in [-0.39, 0.29) is 13.2 Å². The molecule has 0 bridgehead atoms. The number of nitrogens with zero attached hydrogens (tertiary/aromatic N) is 1. The van der Waals surface area contributed by atoms with Crippen LogP contribution in [0.2, 0.25) is 0 Å². The highest BCUT2D eigenvalue weighted by Crippen LogP contribution is 2.29. The summed E-state index contributed by atoms with van der Waals surface area (Å²) in [6.07, 6.45) is 0. The van der Waals surface area contributed by atoms with E-state index in [0.29, 0.717) is 17.1 Å². The van der Waals surface area contributed by atoms with Crippen LogP contribution in [0.5, 0.6) is 5.75 Å². The molecule has 0 aliphatic carbocycles. The van der Waals surface area contributed by atoms with Crippen molar-refractivity contribution in [3.63, 3.8) is 0 Å². The minimum atomic E-state index is -0.0456. The Morgan fingerprint density at radius 3 is 2.75 bits per heavy atom. The van der Waals surface area contributed by atoms with Crippen molar-refractivity contribution in [1.82, 2.24) is 4.90 Å². The molecule has 0 spiro atoms. The molecule has 1 aromatic carbocycles. The molecule has 88 valence electrons. The van der Waals surface area contributed by atoms with Crippen molar-refractivity contribution in [3.05, 3.63) is 28.2 Å². The van der Waals surface area contributed by atoms with Crippen LogP contribution in [0.15, 0.2) is 22.7 Å². The molecule has 0 fully saturated rings. The summed E-state index contributed by atoms with van der Waals surface area (Å²) in [4.78, 5) is 1.70. The van der Waals surface area contributed by atoms with Crippen molar-refractivity contribution in [2.24, 2.45) is 0 Å². The summed E-state index contributed by atoms with van der Waals surface area (Å²) >= 11 is 3.37. The van der Waals surface area contributed by atoms with E-state index in [2.05, 4.69) is 15.9 Å². The van der Waals surface area contributed by atoms with Gasteiger partial charge in [-0.3, -0.25) is 5.41 Å². The highest BCUT2D eigenvalue weighted by molar-refractivity contribution is 9.10. The number of hydrogen-bond acceptors (Lipinski definition) is 3. The summed E-state index contributed by atoms with van der Waals surface area (Å²) in [6, 6.07) is 5.52. The monoisotopic (exact) mass is 286 g/mol. The average molecular weight is 287 g/mol. The van der Waals surface area contributed by atoms with Crippen LogP contribution in [0.25, 0.3) is 0 Å². The van der Waals surface area contributed by atoms with Crippen molar-refractivity contribution in [2.45, 2.75) is 0 Å². The van der Waals surface area contributed by atoms with Gasteiger partial charge in [-0.2, -0.15) is 0 Å². The molecule has 1 aromatic rings. The summed E-state index contributed by atoms with van der Waals surface area (Å²) in [5.41, 5.74) is 0.702. The van der Waals surface area contributed by atoms with E-state index in [1.165, 1.54) is 0 Å². The number of halogens is 1. The minimum absolute atomic E-state index is 0.0456. The first-order valence-corrected chi connectivity index (χ1v) is 5.65. The van der Waals surface area contributed by atoms with E-state index in [1.807, 2.05) is 18.2 Å². The van der Waals surface area contributed by atoms with E-state index in [9.17, 15) is 0 Å². The topological polar surface area (TPSA) is 56.6 Å². The second kappa shape index (κ2) is 5.86. The maximum absolute atomic E-state index is 8.75. The van der Waals surface area contributed by atoms with Gasteiger partial charge in [0.1, 0.15) is 18.2 Å². The Morgan fingerprint density at radius 2 is 2.19 bits per heavy atom. The summed E-state index contributed by atoms with van der Waals surface area (Å²) in [7, 11) is 3.61. The fourth-order valence-electron chi connectivity index (χ4n) is 1.23. The van der Waals surface area contributed by atoms with Crippen LogP contribution in [-0.4, -0.2) is 43.2 Å². The Hall–Kier alpha value is -1.07. The largest absolute Gasteiger partial charge is 0.489 e. The SMILES string of the molecule is CN(C)C(=N)c1cccc(Br)c1OCCO. The van der Waals surface area contributed by atoms with E-state index in [4.69, 9.17) is 15.3 Å². The molecule has 0 aromatic heterocycles. The molecule has 16 heavy (non-hydrogen) atoms. The molecule has 2 N–H and O–H groups in total. The molecule has 5 heteroatoms. The van der Waals surface area contributed by atoms with Crippen molar-refractivity contribution >= 4 is 21.8 Å². The molecule has 0 saturated carbocycles. The third kappa shape index (κ3) is 2.96. The zero-order valence-electron chi connectivity index (χ0n) is 9.33. The maximum atomic E-state index is 8.75. The van der Waals surface area contributed by atoms with Gasteiger partial charge in [0.25, 0.3) is 0 Å². The molecule has 0 radical (unpaired) electrons. The lowest BCUT2D eigenvalue weighted by Gasteiger charge is -2.18. The Labute approximate surface area is 103 Å². The first kappa shape index (κ1) is 13.0. The lowest BCUT2D eigenvalue weighted by atomic mass is 10.1. The molecule has 0 unspecified atom stereocenters. The van der Waals surface area contributed by atoms with Gasteiger partial charge in [-0.05, 0) is 28.1 Å². The summed E-state index contributed by atoms with van der Waals surface area (Å²) in [5, 5.41) is 16.7. The summed E-state index contributed by atoms with van der Waals surface area (Å²) in [6.45, 7) is 0.173. The first-order valence-electron chi connectivity index (χ1n) is 4.86. The predicted molar refractivity (Wildman–Crippen MR) is 67.2 cm³/mol. The van der Waals surface area contributed by atoms with Crippen LogP contribution in [0.3, 0.4) is 0 Å². The molecule has 0 atom stereocenters. The molecule has 0 heterocycles. The third-order valence-electron chi connectivity index (χ3n) is 2.01. The van der Waals surface area contributed by atoms with Gasteiger partial charge < -0.3 is 14.7 Å². The smallest absolute Gasteiger partial charge is 0.144 e. The molecule has 4 nitrogen and oxygen atoms in total. The fraction of sp³-hybridized carbons (Fsp3) is 0.364. The number of nitrogens with one attached hydrogen (secondary N) is 1. The van der Waals surface area contributed by atoms with Gasteiger partial charge in [-0.1, -0.05) is 6.07 Å². The van der Waals surface area contributed by atoms with Crippen LogP contribution >= 0.6 is 15.9 Å². The standard InChI is InChI=1S/C11H15BrN2O2/c1-14(2)11(13)8-4-3-5-9(12)10(8)16-7-6-15/h3-5,13,15H,6-7H2,1-2H3. The molecule has 0 aliphatic rings. The second-order valence-corrected chi connectivity index (χ2v) is 4.29. The van der Waals surface area contributed by atoms with E-state index in [1.54, 1.807) is 19.0 Å². The molecule has 0 saturated heterocycles. The van der Waals surface area contributed by atoms with Crippen molar-refractivity contribution in [2.75, 3.05) is 27.3 Å². The number of aliphatic hydroxyl groups excluding tert-OH is 1. The van der Waals surface area contributed by atoms with Gasteiger partial charge in [-0.15, -0.1) is 0 Å². The van der Waals surface area contributed by atoms with Crippen LogP contribution in [0, 0.1) is 5.41 Å². The van der Waals surface area contributed by atoms with Crippen molar-refractivity contribution in [3.8, 4) is 5.75 Å². The number of ether oxygens (including phenoxy) is 1. The predicted octanol–water partition coefficient (Wildman–Crippen LogP) is 1.71. The van der Waals surface area contributed by atoms with Gasteiger partial charge >= 0.3 is 0 Å². The number of amidine groups is 1. The quantitative estimate of drug-likeness (QED) is 0.654. The maximum Gasteiger partial charge on any atom is 0.144 e. The lowest BCUT2D eigenvalue weighted by molar-refractivity contribution is 0.200. The van der Waals surface area contributed by atoms with Crippen LogP contribution in [0.1, 0.15) is 5.56 Å². The zero-order chi connectivity index (χ0) is 12.1. The number of para-hydroxylation sites is 1. The van der Waals surface area contributed by atoms with Gasteiger partial charge in [0.15, 0.2) is 0 Å².